The molecule has 2 heterocycles. The van der Waals surface area contributed by atoms with E-state index in [1.807, 2.05) is 0 Å². The number of hydrogen-bond donors (Lipinski definition) is 3. The minimum Gasteiger partial charge on any atom is -0.453 e. The average Bonchev–Trinajstić information content (AvgIpc) is 3.69. The van der Waals surface area contributed by atoms with Crippen LogP contribution in [0.15, 0.2) is 30.3 Å². The third-order valence-electron chi connectivity index (χ3n) is 6.65. The van der Waals surface area contributed by atoms with Gasteiger partial charge < -0.3 is 20.1 Å². The van der Waals surface area contributed by atoms with E-state index in [9.17, 15) is 27.2 Å². The van der Waals surface area contributed by atoms with Gasteiger partial charge in [0.2, 0.25) is 27.1 Å². The second-order valence-electron chi connectivity index (χ2n) is 9.66. The van der Waals surface area contributed by atoms with Gasteiger partial charge in [0.15, 0.2) is 0 Å². The number of benzene rings is 2. The zero-order valence-corrected chi connectivity index (χ0v) is 23.9. The van der Waals surface area contributed by atoms with Crippen molar-refractivity contribution in [3.8, 4) is 11.1 Å². The van der Waals surface area contributed by atoms with Crippen LogP contribution >= 0.6 is 11.3 Å². The molecule has 3 aromatic rings. The molecule has 2 aliphatic rings. The van der Waals surface area contributed by atoms with E-state index in [4.69, 9.17) is 4.74 Å². The molecule has 1 atom stereocenters. The molecule has 224 valence electrons. The Balaban J connectivity index is 1.47. The van der Waals surface area contributed by atoms with Crippen molar-refractivity contribution in [1.29, 1.82) is 0 Å². The highest BCUT2D eigenvalue weighted by atomic mass is 32.2. The molecular weight excluding hydrogens is 596 g/mol. The molecule has 1 saturated heterocycles. The van der Waals surface area contributed by atoms with Crippen LogP contribution in [0.2, 0.25) is 0 Å². The molecule has 0 spiro atoms. The summed E-state index contributed by atoms with van der Waals surface area (Å²) in [5, 5.41) is 5.43. The van der Waals surface area contributed by atoms with Crippen molar-refractivity contribution in [3.63, 3.8) is 0 Å². The Morgan fingerprint density at radius 1 is 1.14 bits per heavy atom. The number of amides is 3. The van der Waals surface area contributed by atoms with Crippen LogP contribution < -0.4 is 16.0 Å². The van der Waals surface area contributed by atoms with E-state index >= 15 is 4.39 Å². The number of carbonyl (C=O) groups excluding carboxylic acids is 3. The number of carbonyl (C=O) groups is 3. The van der Waals surface area contributed by atoms with Gasteiger partial charge in [-0.05, 0) is 36.6 Å². The highest BCUT2D eigenvalue weighted by Gasteiger charge is 2.42. The Bertz CT molecular complexity index is 1640. The normalized spacial score (nSPS) is 16.5. The van der Waals surface area contributed by atoms with E-state index in [1.54, 1.807) is 0 Å². The molecule has 1 aliphatic carbocycles. The van der Waals surface area contributed by atoms with Gasteiger partial charge in [0.05, 0.1) is 42.8 Å². The summed E-state index contributed by atoms with van der Waals surface area (Å²) in [6.45, 7) is -0.0538. The molecule has 5 rings (SSSR count). The summed E-state index contributed by atoms with van der Waals surface area (Å²) >= 11 is 0.872. The fourth-order valence-corrected chi connectivity index (χ4v) is 7.43. The third-order valence-corrected chi connectivity index (χ3v) is 10.0. The highest BCUT2D eigenvalue weighted by molar-refractivity contribution is 7.90. The number of rotatable bonds is 9. The van der Waals surface area contributed by atoms with E-state index in [0.717, 1.165) is 47.7 Å². The zero-order chi connectivity index (χ0) is 30.0. The van der Waals surface area contributed by atoms with Crippen molar-refractivity contribution in [1.82, 2.24) is 19.9 Å². The lowest BCUT2D eigenvalue weighted by Crippen LogP contribution is -2.47. The maximum atomic E-state index is 15.2. The van der Waals surface area contributed by atoms with Crippen LogP contribution in [0, 0.1) is 11.6 Å². The van der Waals surface area contributed by atoms with Gasteiger partial charge in [0, 0.05) is 30.8 Å². The molecule has 3 N–H and O–H groups in total. The number of anilines is 1. The molecule has 3 amide bonds. The number of nitrogens with one attached hydrogen (secondary N) is 3. The second-order valence-corrected chi connectivity index (χ2v) is 12.7. The molecule has 1 unspecified atom stereocenters. The van der Waals surface area contributed by atoms with E-state index in [-0.39, 0.29) is 59.7 Å². The molecule has 1 aromatic heterocycles. The summed E-state index contributed by atoms with van der Waals surface area (Å²) in [5.74, 6) is -2.98. The third kappa shape index (κ3) is 6.51. The Morgan fingerprint density at radius 2 is 1.88 bits per heavy atom. The van der Waals surface area contributed by atoms with Gasteiger partial charge in [-0.2, -0.15) is 4.31 Å². The Labute approximate surface area is 243 Å². The lowest BCUT2D eigenvalue weighted by Gasteiger charge is -2.29. The maximum Gasteiger partial charge on any atom is 0.411 e. The number of morpholine rings is 1. The van der Waals surface area contributed by atoms with Crippen LogP contribution in [-0.4, -0.2) is 81.6 Å². The number of aromatic nitrogens is 1. The monoisotopic (exact) mass is 623 g/mol. The number of hydrogen-bond acceptors (Lipinski definition) is 9. The number of thiazole rings is 1. The predicted octanol–water partition coefficient (Wildman–Crippen LogP) is 2.52. The molecule has 2 aromatic carbocycles. The first kappa shape index (κ1) is 29.8. The van der Waals surface area contributed by atoms with Crippen molar-refractivity contribution < 1.29 is 41.1 Å². The largest absolute Gasteiger partial charge is 0.453 e. The summed E-state index contributed by atoms with van der Waals surface area (Å²) in [5.41, 5.74) is 0.0754. The van der Waals surface area contributed by atoms with Crippen molar-refractivity contribution in [3.05, 3.63) is 47.0 Å². The van der Waals surface area contributed by atoms with Crippen LogP contribution in [0.1, 0.15) is 23.1 Å². The van der Waals surface area contributed by atoms with Gasteiger partial charge in [-0.25, -0.2) is 27.0 Å². The van der Waals surface area contributed by atoms with Crippen molar-refractivity contribution in [2.24, 2.45) is 0 Å². The lowest BCUT2D eigenvalue weighted by molar-refractivity contribution is -0.126. The fourth-order valence-electron chi connectivity index (χ4n) is 4.34. The topological polar surface area (TPSA) is 156 Å². The molecule has 0 radical (unpaired) electrons. The summed E-state index contributed by atoms with van der Waals surface area (Å²) in [4.78, 5) is 41.2. The van der Waals surface area contributed by atoms with Gasteiger partial charge in [0.25, 0.3) is 0 Å². The van der Waals surface area contributed by atoms with Crippen LogP contribution in [0.4, 0.5) is 19.3 Å². The number of methoxy groups -OCH3 is 1. The molecule has 2 fully saturated rings. The number of ether oxygens (including phenoxy) is 2. The number of fused-ring (bicyclic) bond motifs is 1. The minimum absolute atomic E-state index is 0.00463. The standard InChI is InChI=1S/C26H27F2N5O7S2/c1-39-26(36)32-19-5-2-14(10-18(19)28)16-11-21-20(12-17(16)27)31-25(41-21)23(42(37,38)33-6-8-40-9-7-33)24(35)29-13-22(34)30-15-3-4-15/h2,5,10-12,15,23H,3-4,6-9,13H2,1H3,(H,29,35)(H,30,34)(H,32,36). The first-order chi connectivity index (χ1) is 20.1. The molecule has 12 nitrogen and oxygen atoms in total. The molecule has 16 heteroatoms. The first-order valence-electron chi connectivity index (χ1n) is 13.0. The summed E-state index contributed by atoms with van der Waals surface area (Å²) < 4.78 is 68.4. The van der Waals surface area contributed by atoms with Gasteiger partial charge in [-0.1, -0.05) is 6.07 Å². The molecular formula is C26H27F2N5O7S2. The van der Waals surface area contributed by atoms with Crippen molar-refractivity contribution in [2.75, 3.05) is 45.3 Å². The molecule has 42 heavy (non-hydrogen) atoms. The highest BCUT2D eigenvalue weighted by Crippen LogP contribution is 2.37. The first-order valence-corrected chi connectivity index (χ1v) is 15.3. The fraction of sp³-hybridized carbons (Fsp3) is 0.385. The van der Waals surface area contributed by atoms with Crippen LogP contribution in [-0.2, 0) is 29.1 Å². The van der Waals surface area contributed by atoms with Gasteiger partial charge >= 0.3 is 6.09 Å². The smallest absolute Gasteiger partial charge is 0.411 e. The summed E-state index contributed by atoms with van der Waals surface area (Å²) in [7, 11) is -3.18. The number of nitrogens with zero attached hydrogens (tertiary/aromatic N) is 2. The van der Waals surface area contributed by atoms with E-state index in [0.29, 0.717) is 4.70 Å². The van der Waals surface area contributed by atoms with Crippen molar-refractivity contribution in [2.45, 2.75) is 24.1 Å². The predicted molar refractivity (Wildman–Crippen MR) is 149 cm³/mol. The van der Waals surface area contributed by atoms with E-state index in [2.05, 4.69) is 25.7 Å². The summed E-state index contributed by atoms with van der Waals surface area (Å²) in [6.07, 6.45) is 0.818. The quantitative estimate of drug-likeness (QED) is 0.328. The second kappa shape index (κ2) is 12.2. The Morgan fingerprint density at radius 3 is 2.55 bits per heavy atom. The van der Waals surface area contributed by atoms with Crippen molar-refractivity contribution >= 4 is 55.2 Å². The van der Waals surface area contributed by atoms with Gasteiger partial charge in [-0.15, -0.1) is 11.3 Å². The van der Waals surface area contributed by atoms with Crippen LogP contribution in [0.3, 0.4) is 0 Å². The lowest BCUT2D eigenvalue weighted by atomic mass is 10.0. The molecule has 1 saturated carbocycles. The summed E-state index contributed by atoms with van der Waals surface area (Å²) in [6, 6.07) is 6.19. The van der Waals surface area contributed by atoms with E-state index < -0.39 is 51.4 Å². The number of halogens is 2. The van der Waals surface area contributed by atoms with E-state index in [1.165, 1.54) is 18.2 Å². The minimum atomic E-state index is -4.31. The molecule has 0 bridgehead atoms. The van der Waals surface area contributed by atoms with Gasteiger partial charge in [-0.3, -0.25) is 14.9 Å². The SMILES string of the molecule is COC(=O)Nc1ccc(-c2cc3sc(C(C(=O)NCC(=O)NC4CC4)S(=O)(=O)N4CCOCC4)nc3cc2F)cc1F. The zero-order valence-electron chi connectivity index (χ0n) is 22.3. The molecule has 1 aliphatic heterocycles. The average molecular weight is 624 g/mol. The maximum absolute atomic E-state index is 15.2. The Hall–Kier alpha value is -3.73. The van der Waals surface area contributed by atoms with Gasteiger partial charge in [0.1, 0.15) is 16.6 Å². The number of sulfonamides is 1. The van der Waals surface area contributed by atoms with Crippen LogP contribution in [0.5, 0.6) is 0 Å². The van der Waals surface area contributed by atoms with Crippen LogP contribution in [0.25, 0.3) is 21.3 Å². The Kier molecular flexibility index (Phi) is 8.68.